The number of nitrogens with one attached hydrogen (secondary N) is 1. The molecule has 136 valence electrons. The molecule has 2 amide bonds. The molecule has 1 rings (SSSR count). The van der Waals surface area contributed by atoms with Gasteiger partial charge in [0.25, 0.3) is 0 Å². The molecule has 0 aromatic rings. The zero-order chi connectivity index (χ0) is 16.6. The Kier molecular flexibility index (Phi) is 10.4. The Morgan fingerprint density at radius 2 is 1.78 bits per heavy atom. The number of ether oxygens (including phenoxy) is 1. The Morgan fingerprint density at radius 1 is 1.22 bits per heavy atom. The summed E-state index contributed by atoms with van der Waals surface area (Å²) >= 11 is 0. The van der Waals surface area contributed by atoms with Gasteiger partial charge in [0, 0.05) is 26.7 Å². The SMILES string of the molecule is CCN(CC)C(=O)C1(NC(=O)CC(CN)OC)CCCCC1.Cl. The van der Waals surface area contributed by atoms with Gasteiger partial charge in [0.05, 0.1) is 12.5 Å². The van der Waals surface area contributed by atoms with Crippen LogP contribution in [-0.4, -0.2) is 55.1 Å². The van der Waals surface area contributed by atoms with E-state index in [1.807, 2.05) is 18.7 Å². The summed E-state index contributed by atoms with van der Waals surface area (Å²) in [6, 6.07) is 0. The third-order valence-electron chi connectivity index (χ3n) is 4.56. The first-order valence-electron chi connectivity index (χ1n) is 8.36. The van der Waals surface area contributed by atoms with Crippen LogP contribution in [0.25, 0.3) is 0 Å². The summed E-state index contributed by atoms with van der Waals surface area (Å²) < 4.78 is 5.16. The Labute approximate surface area is 145 Å². The van der Waals surface area contributed by atoms with Crippen molar-refractivity contribution in [3.8, 4) is 0 Å². The van der Waals surface area contributed by atoms with Gasteiger partial charge in [-0.15, -0.1) is 12.4 Å². The summed E-state index contributed by atoms with van der Waals surface area (Å²) in [4.78, 5) is 27.0. The van der Waals surface area contributed by atoms with Gasteiger partial charge in [-0.3, -0.25) is 9.59 Å². The van der Waals surface area contributed by atoms with Crippen molar-refractivity contribution in [2.24, 2.45) is 5.73 Å². The Morgan fingerprint density at radius 3 is 2.22 bits per heavy atom. The van der Waals surface area contributed by atoms with Crippen LogP contribution in [0.1, 0.15) is 52.4 Å². The quantitative estimate of drug-likeness (QED) is 0.694. The van der Waals surface area contributed by atoms with Crippen molar-refractivity contribution >= 4 is 24.2 Å². The highest BCUT2D eigenvalue weighted by Crippen LogP contribution is 2.30. The molecule has 1 unspecified atom stereocenters. The van der Waals surface area contributed by atoms with Gasteiger partial charge < -0.3 is 20.7 Å². The summed E-state index contributed by atoms with van der Waals surface area (Å²) in [6.07, 6.45) is 4.38. The number of carbonyl (C=O) groups excluding carboxylic acids is 2. The van der Waals surface area contributed by atoms with E-state index in [4.69, 9.17) is 10.5 Å². The number of halogens is 1. The maximum absolute atomic E-state index is 12.9. The monoisotopic (exact) mass is 349 g/mol. The zero-order valence-corrected chi connectivity index (χ0v) is 15.4. The molecule has 0 aliphatic heterocycles. The molecule has 23 heavy (non-hydrogen) atoms. The number of carbonyl (C=O) groups is 2. The second-order valence-electron chi connectivity index (χ2n) is 5.97. The third-order valence-corrected chi connectivity index (χ3v) is 4.56. The molecule has 0 aromatic heterocycles. The minimum Gasteiger partial charge on any atom is -0.380 e. The van der Waals surface area contributed by atoms with E-state index in [1.54, 1.807) is 7.11 Å². The lowest BCUT2D eigenvalue weighted by molar-refractivity contribution is -0.143. The topological polar surface area (TPSA) is 84.7 Å². The van der Waals surface area contributed by atoms with E-state index in [2.05, 4.69) is 5.32 Å². The average molecular weight is 350 g/mol. The molecule has 6 nitrogen and oxygen atoms in total. The largest absolute Gasteiger partial charge is 0.380 e. The number of amides is 2. The first-order valence-corrected chi connectivity index (χ1v) is 8.36. The van der Waals surface area contributed by atoms with E-state index in [9.17, 15) is 9.59 Å². The van der Waals surface area contributed by atoms with Crippen molar-refractivity contribution < 1.29 is 14.3 Å². The normalized spacial score (nSPS) is 17.7. The minimum atomic E-state index is -0.742. The molecule has 0 saturated heterocycles. The average Bonchev–Trinajstić information content (AvgIpc) is 2.54. The van der Waals surface area contributed by atoms with Gasteiger partial charge in [-0.1, -0.05) is 19.3 Å². The van der Waals surface area contributed by atoms with Gasteiger partial charge in [-0.05, 0) is 26.7 Å². The molecule has 0 heterocycles. The zero-order valence-electron chi connectivity index (χ0n) is 14.6. The van der Waals surface area contributed by atoms with Crippen LogP contribution in [0.15, 0.2) is 0 Å². The van der Waals surface area contributed by atoms with Crippen LogP contribution in [0.5, 0.6) is 0 Å². The first-order chi connectivity index (χ1) is 10.5. The maximum Gasteiger partial charge on any atom is 0.248 e. The Bertz CT molecular complexity index is 366. The molecule has 1 aliphatic rings. The van der Waals surface area contributed by atoms with Crippen molar-refractivity contribution in [2.75, 3.05) is 26.7 Å². The number of methoxy groups -OCH3 is 1. The van der Waals surface area contributed by atoms with Crippen LogP contribution >= 0.6 is 12.4 Å². The molecule has 0 aromatic carbocycles. The van der Waals surface area contributed by atoms with E-state index in [0.29, 0.717) is 32.5 Å². The maximum atomic E-state index is 12.9. The van der Waals surface area contributed by atoms with Crippen LogP contribution in [0.3, 0.4) is 0 Å². The molecule has 0 bridgehead atoms. The highest BCUT2D eigenvalue weighted by atomic mass is 35.5. The van der Waals surface area contributed by atoms with E-state index < -0.39 is 5.54 Å². The second-order valence-corrected chi connectivity index (χ2v) is 5.97. The standard InChI is InChI=1S/C16H31N3O3.ClH/c1-4-19(5-2)15(21)16(9-7-6-8-10-16)18-14(20)11-13(12-17)22-3;/h13H,4-12,17H2,1-3H3,(H,18,20);1H. The smallest absolute Gasteiger partial charge is 0.248 e. The fourth-order valence-corrected chi connectivity index (χ4v) is 3.15. The fourth-order valence-electron chi connectivity index (χ4n) is 3.15. The van der Waals surface area contributed by atoms with Crippen molar-refractivity contribution in [1.29, 1.82) is 0 Å². The Balaban J connectivity index is 0.00000484. The molecule has 7 heteroatoms. The van der Waals surface area contributed by atoms with Crippen molar-refractivity contribution in [3.63, 3.8) is 0 Å². The number of nitrogens with two attached hydrogens (primary N) is 1. The van der Waals surface area contributed by atoms with Gasteiger partial charge in [0.1, 0.15) is 5.54 Å². The van der Waals surface area contributed by atoms with Crippen LogP contribution in [0.4, 0.5) is 0 Å². The second kappa shape index (κ2) is 10.8. The number of hydrogen-bond donors (Lipinski definition) is 2. The summed E-state index contributed by atoms with van der Waals surface area (Å²) in [6.45, 7) is 5.55. The van der Waals surface area contributed by atoms with Gasteiger partial charge >= 0.3 is 0 Å². The lowest BCUT2D eigenvalue weighted by atomic mass is 9.80. The van der Waals surface area contributed by atoms with Crippen molar-refractivity contribution in [1.82, 2.24) is 10.2 Å². The number of hydrogen-bond acceptors (Lipinski definition) is 4. The molecule has 0 spiro atoms. The summed E-state index contributed by atoms with van der Waals surface area (Å²) in [5.41, 5.74) is 4.83. The molecule has 1 saturated carbocycles. The van der Waals surface area contributed by atoms with E-state index in [1.165, 1.54) is 0 Å². The van der Waals surface area contributed by atoms with Crippen molar-refractivity contribution in [3.05, 3.63) is 0 Å². The fraction of sp³-hybridized carbons (Fsp3) is 0.875. The summed E-state index contributed by atoms with van der Waals surface area (Å²) in [5, 5.41) is 3.01. The van der Waals surface area contributed by atoms with Crippen LogP contribution < -0.4 is 11.1 Å². The van der Waals surface area contributed by atoms with Crippen molar-refractivity contribution in [2.45, 2.75) is 64.0 Å². The third kappa shape index (κ3) is 5.94. The summed E-state index contributed by atoms with van der Waals surface area (Å²) in [5.74, 6) is -0.105. The molecule has 1 atom stereocenters. The van der Waals surface area contributed by atoms with Crippen LogP contribution in [0.2, 0.25) is 0 Å². The van der Waals surface area contributed by atoms with Gasteiger partial charge in [0.2, 0.25) is 11.8 Å². The highest BCUT2D eigenvalue weighted by Gasteiger charge is 2.42. The molecule has 0 radical (unpaired) electrons. The van der Waals surface area contributed by atoms with E-state index >= 15 is 0 Å². The summed E-state index contributed by atoms with van der Waals surface area (Å²) in [7, 11) is 1.54. The highest BCUT2D eigenvalue weighted by molar-refractivity contribution is 5.91. The lowest BCUT2D eigenvalue weighted by Crippen LogP contribution is -2.61. The van der Waals surface area contributed by atoms with Gasteiger partial charge in [0.15, 0.2) is 0 Å². The van der Waals surface area contributed by atoms with E-state index in [-0.39, 0.29) is 36.7 Å². The predicted octanol–water partition coefficient (Wildman–Crippen LogP) is 1.46. The van der Waals surface area contributed by atoms with Crippen LogP contribution in [0, 0.1) is 0 Å². The minimum absolute atomic E-state index is 0. The molecule has 1 fully saturated rings. The van der Waals surface area contributed by atoms with Gasteiger partial charge in [-0.2, -0.15) is 0 Å². The van der Waals surface area contributed by atoms with Crippen LogP contribution in [-0.2, 0) is 14.3 Å². The molecule has 1 aliphatic carbocycles. The Hall–Kier alpha value is -0.850. The lowest BCUT2D eigenvalue weighted by Gasteiger charge is -2.40. The predicted molar refractivity (Wildman–Crippen MR) is 93.6 cm³/mol. The molecule has 3 N–H and O–H groups in total. The van der Waals surface area contributed by atoms with Gasteiger partial charge in [-0.25, -0.2) is 0 Å². The van der Waals surface area contributed by atoms with E-state index in [0.717, 1.165) is 19.3 Å². The molecular weight excluding hydrogens is 318 g/mol. The number of nitrogens with zero attached hydrogens (tertiary/aromatic N) is 1. The number of likely N-dealkylation sites (N-methyl/N-ethyl adjacent to an activating group) is 1. The number of rotatable bonds is 8. The first kappa shape index (κ1) is 22.1. The molecular formula is C16H32ClN3O3.